The second kappa shape index (κ2) is 9.14. The van der Waals surface area contributed by atoms with E-state index in [-0.39, 0.29) is 0 Å². The van der Waals surface area contributed by atoms with Crippen molar-refractivity contribution in [3.05, 3.63) is 39.9 Å². The van der Waals surface area contributed by atoms with Gasteiger partial charge in [-0.1, -0.05) is 37.0 Å². The molecule has 3 aromatic rings. The monoisotopic (exact) mass is 434 g/mol. The van der Waals surface area contributed by atoms with Crippen molar-refractivity contribution in [2.24, 2.45) is 7.05 Å². The molecular weight excluding hydrogens is 407 g/mol. The summed E-state index contributed by atoms with van der Waals surface area (Å²) in [6, 6.07) is 7.60. The molecule has 3 rings (SSSR count). The Morgan fingerprint density at radius 1 is 1.14 bits per heavy atom. The standard InChI is InChI=1S/C22H28Cl2N4O/c1-6-10-28(11-7-2)20-16(24)8-9-17-21(20)27(4)22(25-17)26-19-14(3)12-15(23)13-18(19)29-5/h8-9,12-13H,6-7,10-11H2,1-5H3,(H,25,26). The Hall–Kier alpha value is -2.11. The lowest BCUT2D eigenvalue weighted by molar-refractivity contribution is 0.416. The third-order valence-corrected chi connectivity index (χ3v) is 5.51. The highest BCUT2D eigenvalue weighted by Crippen LogP contribution is 2.38. The van der Waals surface area contributed by atoms with E-state index in [1.54, 1.807) is 13.2 Å². The summed E-state index contributed by atoms with van der Waals surface area (Å²) in [4.78, 5) is 7.18. The van der Waals surface area contributed by atoms with Gasteiger partial charge < -0.3 is 19.5 Å². The number of ether oxygens (including phenoxy) is 1. The Bertz CT molecular complexity index is 1010. The van der Waals surface area contributed by atoms with Crippen LogP contribution in [0.5, 0.6) is 5.75 Å². The summed E-state index contributed by atoms with van der Waals surface area (Å²) >= 11 is 12.8. The summed E-state index contributed by atoms with van der Waals surface area (Å²) in [5.41, 5.74) is 4.79. The maximum Gasteiger partial charge on any atom is 0.208 e. The van der Waals surface area contributed by atoms with Crippen molar-refractivity contribution in [3.8, 4) is 5.75 Å². The molecule has 0 atom stereocenters. The van der Waals surface area contributed by atoms with Crippen LogP contribution in [0.2, 0.25) is 10.0 Å². The fourth-order valence-corrected chi connectivity index (χ4v) is 4.23. The van der Waals surface area contributed by atoms with Gasteiger partial charge in [-0.05, 0) is 43.5 Å². The van der Waals surface area contributed by atoms with Crippen molar-refractivity contribution >= 4 is 51.6 Å². The van der Waals surface area contributed by atoms with Crippen LogP contribution >= 0.6 is 23.2 Å². The van der Waals surface area contributed by atoms with Gasteiger partial charge in [0.15, 0.2) is 0 Å². The topological polar surface area (TPSA) is 42.3 Å². The lowest BCUT2D eigenvalue weighted by Crippen LogP contribution is -2.25. The number of benzene rings is 2. The normalized spacial score (nSPS) is 11.1. The molecule has 0 aliphatic heterocycles. The van der Waals surface area contributed by atoms with Crippen molar-refractivity contribution < 1.29 is 4.74 Å². The lowest BCUT2D eigenvalue weighted by Gasteiger charge is -2.26. The second-order valence-corrected chi connectivity index (χ2v) is 8.01. The van der Waals surface area contributed by atoms with Gasteiger partial charge in [-0.15, -0.1) is 0 Å². The Morgan fingerprint density at radius 2 is 1.83 bits per heavy atom. The number of nitrogens with one attached hydrogen (secondary N) is 1. The molecule has 29 heavy (non-hydrogen) atoms. The number of rotatable bonds is 8. The molecule has 5 nitrogen and oxygen atoms in total. The van der Waals surface area contributed by atoms with E-state index in [0.29, 0.717) is 10.8 Å². The number of methoxy groups -OCH3 is 1. The Morgan fingerprint density at radius 3 is 2.45 bits per heavy atom. The molecule has 1 N–H and O–H groups in total. The minimum absolute atomic E-state index is 0.638. The molecule has 0 saturated carbocycles. The highest BCUT2D eigenvalue weighted by Gasteiger charge is 2.20. The van der Waals surface area contributed by atoms with Crippen molar-refractivity contribution in [2.45, 2.75) is 33.6 Å². The molecule has 0 radical (unpaired) electrons. The molecule has 7 heteroatoms. The molecule has 2 aromatic carbocycles. The van der Waals surface area contributed by atoms with E-state index < -0.39 is 0 Å². The van der Waals surface area contributed by atoms with Crippen LogP contribution in [0.4, 0.5) is 17.3 Å². The van der Waals surface area contributed by atoms with Crippen molar-refractivity contribution in [1.82, 2.24) is 9.55 Å². The third-order valence-electron chi connectivity index (χ3n) is 4.98. The van der Waals surface area contributed by atoms with Crippen LogP contribution in [-0.4, -0.2) is 29.8 Å². The van der Waals surface area contributed by atoms with Crippen LogP contribution in [0, 0.1) is 6.92 Å². The van der Waals surface area contributed by atoms with Gasteiger partial charge in [0.05, 0.1) is 34.5 Å². The summed E-state index contributed by atoms with van der Waals surface area (Å²) in [6.07, 6.45) is 2.10. The molecule has 0 spiro atoms. The van der Waals surface area contributed by atoms with Crippen molar-refractivity contribution in [3.63, 3.8) is 0 Å². The van der Waals surface area contributed by atoms with E-state index in [9.17, 15) is 0 Å². The highest BCUT2D eigenvalue weighted by molar-refractivity contribution is 6.34. The Kier molecular flexibility index (Phi) is 6.81. The van der Waals surface area contributed by atoms with E-state index in [1.807, 2.05) is 32.2 Å². The number of anilines is 3. The summed E-state index contributed by atoms with van der Waals surface area (Å²) in [6.45, 7) is 8.26. The summed E-state index contributed by atoms with van der Waals surface area (Å²) in [5.74, 6) is 1.40. The lowest BCUT2D eigenvalue weighted by atomic mass is 10.2. The first-order valence-electron chi connectivity index (χ1n) is 9.92. The number of aryl methyl sites for hydroxylation is 2. The molecule has 0 aliphatic rings. The first-order chi connectivity index (χ1) is 13.9. The van der Waals surface area contributed by atoms with Crippen LogP contribution in [0.15, 0.2) is 24.3 Å². The maximum absolute atomic E-state index is 6.66. The molecular formula is C22H28Cl2N4O. The minimum atomic E-state index is 0.638. The number of hydrogen-bond acceptors (Lipinski definition) is 4. The smallest absolute Gasteiger partial charge is 0.208 e. The van der Waals surface area contributed by atoms with Crippen LogP contribution in [0.1, 0.15) is 32.3 Å². The van der Waals surface area contributed by atoms with Gasteiger partial charge in [0.1, 0.15) is 5.75 Å². The fourth-order valence-electron chi connectivity index (χ4n) is 3.69. The van der Waals surface area contributed by atoms with E-state index in [1.165, 1.54) is 0 Å². The van der Waals surface area contributed by atoms with Crippen LogP contribution in [-0.2, 0) is 7.05 Å². The van der Waals surface area contributed by atoms with E-state index in [2.05, 4.69) is 28.6 Å². The van der Waals surface area contributed by atoms with Crippen LogP contribution in [0.3, 0.4) is 0 Å². The zero-order valence-electron chi connectivity index (χ0n) is 17.6. The zero-order chi connectivity index (χ0) is 21.1. The molecule has 0 bridgehead atoms. The number of imidazole rings is 1. The molecule has 0 fully saturated rings. The van der Waals surface area contributed by atoms with E-state index in [4.69, 9.17) is 32.9 Å². The number of hydrogen-bond donors (Lipinski definition) is 1. The van der Waals surface area contributed by atoms with Crippen LogP contribution < -0.4 is 15.0 Å². The van der Waals surface area contributed by atoms with E-state index in [0.717, 1.165) is 64.9 Å². The van der Waals surface area contributed by atoms with Gasteiger partial charge in [-0.3, -0.25) is 0 Å². The third kappa shape index (κ3) is 4.26. The van der Waals surface area contributed by atoms with E-state index >= 15 is 0 Å². The largest absolute Gasteiger partial charge is 0.495 e. The number of nitrogens with zero attached hydrogens (tertiary/aromatic N) is 3. The molecule has 156 valence electrons. The first-order valence-corrected chi connectivity index (χ1v) is 10.7. The summed E-state index contributed by atoms with van der Waals surface area (Å²) < 4.78 is 7.58. The second-order valence-electron chi connectivity index (χ2n) is 7.17. The Balaban J connectivity index is 2.13. The van der Waals surface area contributed by atoms with Crippen molar-refractivity contribution in [2.75, 3.05) is 30.4 Å². The zero-order valence-corrected chi connectivity index (χ0v) is 19.2. The van der Waals surface area contributed by atoms with Gasteiger partial charge in [-0.25, -0.2) is 4.98 Å². The Labute approximate surface area is 182 Å². The van der Waals surface area contributed by atoms with Gasteiger partial charge in [0.2, 0.25) is 5.95 Å². The maximum atomic E-state index is 6.66. The number of fused-ring (bicyclic) bond motifs is 1. The molecule has 0 amide bonds. The molecule has 1 aromatic heterocycles. The van der Waals surface area contributed by atoms with Gasteiger partial charge >= 0.3 is 0 Å². The minimum Gasteiger partial charge on any atom is -0.495 e. The van der Waals surface area contributed by atoms with Crippen molar-refractivity contribution in [1.29, 1.82) is 0 Å². The molecule has 0 unspecified atom stereocenters. The number of aromatic nitrogens is 2. The van der Waals surface area contributed by atoms with Crippen LogP contribution in [0.25, 0.3) is 11.0 Å². The van der Waals surface area contributed by atoms with Gasteiger partial charge in [-0.2, -0.15) is 0 Å². The van der Waals surface area contributed by atoms with Gasteiger partial charge in [0, 0.05) is 31.2 Å². The molecule has 0 aliphatic carbocycles. The predicted octanol–water partition coefficient (Wildman–Crippen LogP) is 6.57. The quantitative estimate of drug-likeness (QED) is 0.435. The fraction of sp³-hybridized carbons (Fsp3) is 0.409. The van der Waals surface area contributed by atoms with Gasteiger partial charge in [0.25, 0.3) is 0 Å². The highest BCUT2D eigenvalue weighted by atomic mass is 35.5. The average molecular weight is 435 g/mol. The number of halogens is 2. The average Bonchev–Trinajstić information content (AvgIpc) is 2.99. The summed E-state index contributed by atoms with van der Waals surface area (Å²) in [7, 11) is 3.64. The predicted molar refractivity (Wildman–Crippen MR) is 125 cm³/mol. The SMILES string of the molecule is CCCN(CCC)c1c(Cl)ccc2nc(Nc3c(C)cc(Cl)cc3OC)n(C)c12. The first kappa shape index (κ1) is 21.6. The summed E-state index contributed by atoms with van der Waals surface area (Å²) in [5, 5.41) is 4.82. The molecule has 1 heterocycles. The molecule has 0 saturated heterocycles.